The number of rotatable bonds is 8. The molecule has 156 valence electrons. The second kappa shape index (κ2) is 9.88. The van der Waals surface area contributed by atoms with E-state index in [2.05, 4.69) is 0 Å². The van der Waals surface area contributed by atoms with Crippen molar-refractivity contribution in [1.29, 1.82) is 0 Å². The lowest BCUT2D eigenvalue weighted by Crippen LogP contribution is -2.32. The van der Waals surface area contributed by atoms with Gasteiger partial charge in [0.1, 0.15) is 18.1 Å². The van der Waals surface area contributed by atoms with Crippen molar-refractivity contribution in [2.75, 3.05) is 19.8 Å². The van der Waals surface area contributed by atoms with Gasteiger partial charge in [-0.15, -0.1) is 0 Å². The number of imide groups is 1. The second-order valence-corrected chi connectivity index (χ2v) is 7.79. The number of hydrogen-bond donors (Lipinski definition) is 1. The molecular weight excluding hydrogens is 453 g/mol. The molecule has 7 nitrogen and oxygen atoms in total. The van der Waals surface area contributed by atoms with Crippen molar-refractivity contribution in [2.24, 2.45) is 0 Å². The van der Waals surface area contributed by atoms with Gasteiger partial charge < -0.3 is 14.6 Å². The molecule has 0 spiro atoms. The van der Waals surface area contributed by atoms with Crippen LogP contribution < -0.4 is 9.47 Å². The summed E-state index contributed by atoms with van der Waals surface area (Å²) < 4.78 is 10.6. The fourth-order valence-electron chi connectivity index (χ4n) is 2.52. The highest BCUT2D eigenvalue weighted by atomic mass is 35.5. The van der Waals surface area contributed by atoms with Crippen LogP contribution in [0.5, 0.6) is 11.5 Å². The van der Waals surface area contributed by atoms with E-state index in [1.54, 1.807) is 30.3 Å². The number of carboxylic acids is 1. The van der Waals surface area contributed by atoms with Crippen molar-refractivity contribution in [3.63, 3.8) is 0 Å². The summed E-state index contributed by atoms with van der Waals surface area (Å²) in [6.07, 6.45) is 1.53. The summed E-state index contributed by atoms with van der Waals surface area (Å²) in [6, 6.07) is 11.6. The number of carbonyl (C=O) groups is 3. The molecule has 0 aromatic heterocycles. The van der Waals surface area contributed by atoms with E-state index in [0.717, 1.165) is 16.7 Å². The van der Waals surface area contributed by atoms with E-state index >= 15 is 0 Å². The first-order valence-electron chi connectivity index (χ1n) is 8.62. The molecule has 2 aromatic carbocycles. The molecule has 2 amide bonds. The lowest BCUT2D eigenvalue weighted by molar-refractivity contribution is -0.139. The van der Waals surface area contributed by atoms with Gasteiger partial charge in [0.15, 0.2) is 6.61 Å². The molecule has 0 saturated carbocycles. The Balaban J connectivity index is 1.63. The van der Waals surface area contributed by atoms with Crippen LogP contribution in [0.15, 0.2) is 47.4 Å². The van der Waals surface area contributed by atoms with Gasteiger partial charge in [-0.3, -0.25) is 14.5 Å². The number of aliphatic carboxylic acids is 1. The lowest BCUT2D eigenvalue weighted by Gasteiger charge is -2.13. The highest BCUT2D eigenvalue weighted by Crippen LogP contribution is 2.34. The van der Waals surface area contributed by atoms with Crippen molar-refractivity contribution < 1.29 is 29.0 Å². The first-order chi connectivity index (χ1) is 14.3. The number of amides is 2. The van der Waals surface area contributed by atoms with Gasteiger partial charge in [-0.25, -0.2) is 4.79 Å². The van der Waals surface area contributed by atoms with Crippen LogP contribution in [0.25, 0.3) is 6.08 Å². The number of carboxylic acid groups (broad SMARTS) is 1. The van der Waals surface area contributed by atoms with Crippen LogP contribution in [0.1, 0.15) is 5.56 Å². The summed E-state index contributed by atoms with van der Waals surface area (Å²) >= 11 is 12.9. The molecule has 0 aliphatic carbocycles. The highest BCUT2D eigenvalue weighted by Gasteiger charge is 2.34. The number of thioether (sulfide) groups is 1. The smallest absolute Gasteiger partial charge is 0.341 e. The van der Waals surface area contributed by atoms with E-state index in [1.807, 2.05) is 0 Å². The van der Waals surface area contributed by atoms with Gasteiger partial charge in [0, 0.05) is 0 Å². The van der Waals surface area contributed by atoms with Crippen molar-refractivity contribution in [3.05, 3.63) is 63.0 Å². The number of halogens is 2. The van der Waals surface area contributed by atoms with Crippen LogP contribution in [-0.4, -0.2) is 46.9 Å². The average molecular weight is 468 g/mol. The number of ether oxygens (including phenoxy) is 2. The summed E-state index contributed by atoms with van der Waals surface area (Å²) in [7, 11) is 0. The van der Waals surface area contributed by atoms with Crippen LogP contribution in [0.3, 0.4) is 0 Å². The van der Waals surface area contributed by atoms with E-state index in [-0.39, 0.29) is 28.8 Å². The minimum atomic E-state index is -1.12. The number of hydrogen-bond acceptors (Lipinski definition) is 6. The van der Waals surface area contributed by atoms with E-state index in [4.69, 9.17) is 37.8 Å². The van der Waals surface area contributed by atoms with E-state index in [1.165, 1.54) is 18.2 Å². The van der Waals surface area contributed by atoms with E-state index < -0.39 is 23.7 Å². The molecule has 1 fully saturated rings. The van der Waals surface area contributed by atoms with Crippen molar-refractivity contribution in [2.45, 2.75) is 0 Å². The molecule has 1 aliphatic rings. The van der Waals surface area contributed by atoms with Gasteiger partial charge >= 0.3 is 5.97 Å². The molecule has 0 unspecified atom stereocenters. The molecule has 2 aromatic rings. The van der Waals surface area contributed by atoms with Crippen molar-refractivity contribution in [1.82, 2.24) is 4.90 Å². The zero-order chi connectivity index (χ0) is 21.7. The third-order valence-corrected chi connectivity index (χ3v) is 5.40. The molecule has 0 bridgehead atoms. The first-order valence-corrected chi connectivity index (χ1v) is 10.2. The topological polar surface area (TPSA) is 93.1 Å². The number of para-hydroxylation sites is 1. The van der Waals surface area contributed by atoms with Gasteiger partial charge in [-0.1, -0.05) is 41.4 Å². The first kappa shape index (κ1) is 22.0. The summed E-state index contributed by atoms with van der Waals surface area (Å²) in [5.41, 5.74) is 0.570. The van der Waals surface area contributed by atoms with Crippen molar-refractivity contribution >= 4 is 58.2 Å². The van der Waals surface area contributed by atoms with Crippen LogP contribution in [0, 0.1) is 0 Å². The number of carbonyl (C=O) groups excluding carboxylic acids is 2. The maximum Gasteiger partial charge on any atom is 0.341 e. The maximum absolute atomic E-state index is 12.6. The molecule has 3 rings (SSSR count). The van der Waals surface area contributed by atoms with Crippen LogP contribution in [-0.2, 0) is 9.59 Å². The Kier molecular flexibility index (Phi) is 7.25. The number of nitrogens with zero attached hydrogens (tertiary/aromatic N) is 1. The minimum Gasteiger partial charge on any atom is -0.490 e. The Morgan fingerprint density at radius 1 is 1.07 bits per heavy atom. The summed E-state index contributed by atoms with van der Waals surface area (Å²) in [6.45, 7) is -0.333. The van der Waals surface area contributed by atoms with Gasteiger partial charge in [-0.2, -0.15) is 0 Å². The summed E-state index contributed by atoms with van der Waals surface area (Å²) in [5, 5.41) is 8.89. The van der Waals surface area contributed by atoms with E-state index in [0.29, 0.717) is 16.3 Å². The molecule has 0 atom stereocenters. The highest BCUT2D eigenvalue weighted by molar-refractivity contribution is 8.18. The fraction of sp³-hybridized carbons (Fsp3) is 0.150. The van der Waals surface area contributed by atoms with Crippen molar-refractivity contribution in [3.8, 4) is 11.5 Å². The third-order valence-electron chi connectivity index (χ3n) is 3.89. The number of benzene rings is 2. The zero-order valence-corrected chi connectivity index (χ0v) is 17.7. The van der Waals surface area contributed by atoms with Crippen LogP contribution in [0.2, 0.25) is 10.0 Å². The third kappa shape index (κ3) is 5.47. The van der Waals surface area contributed by atoms with Crippen LogP contribution >= 0.6 is 35.0 Å². The van der Waals surface area contributed by atoms with Gasteiger partial charge in [0.05, 0.1) is 21.5 Å². The SMILES string of the molecule is O=C(O)COc1ccc(/C=C2\SC(=O)N(CCOc3ccccc3Cl)C2=O)cc1Cl. The quantitative estimate of drug-likeness (QED) is 0.568. The van der Waals surface area contributed by atoms with Crippen LogP contribution in [0.4, 0.5) is 4.79 Å². The Morgan fingerprint density at radius 3 is 2.50 bits per heavy atom. The van der Waals surface area contributed by atoms with Gasteiger partial charge in [0.25, 0.3) is 11.1 Å². The predicted molar refractivity (Wildman–Crippen MR) is 114 cm³/mol. The zero-order valence-electron chi connectivity index (χ0n) is 15.3. The molecular formula is C20H15Cl2NO6S. The summed E-state index contributed by atoms with van der Waals surface area (Å²) in [4.78, 5) is 36.7. The molecule has 1 heterocycles. The average Bonchev–Trinajstić information content (AvgIpc) is 2.96. The molecule has 10 heteroatoms. The standard InChI is InChI=1S/C20H15Cl2NO6S/c21-13-3-1-2-4-15(13)28-8-7-23-19(26)17(30-20(23)27)10-12-5-6-16(14(22)9-12)29-11-18(24)25/h1-6,9-10H,7-8,11H2,(H,24,25)/b17-10-. The van der Waals surface area contributed by atoms with Gasteiger partial charge in [-0.05, 0) is 47.7 Å². The molecule has 1 N–H and O–H groups in total. The molecule has 1 aliphatic heterocycles. The molecule has 0 radical (unpaired) electrons. The second-order valence-electron chi connectivity index (χ2n) is 5.98. The monoisotopic (exact) mass is 467 g/mol. The van der Waals surface area contributed by atoms with Gasteiger partial charge in [0.2, 0.25) is 0 Å². The Labute approximate surface area is 186 Å². The maximum atomic E-state index is 12.6. The Hall–Kier alpha value is -2.68. The largest absolute Gasteiger partial charge is 0.490 e. The lowest BCUT2D eigenvalue weighted by atomic mass is 10.2. The fourth-order valence-corrected chi connectivity index (χ4v) is 3.82. The Bertz CT molecular complexity index is 1030. The molecule has 1 saturated heterocycles. The normalized spacial score (nSPS) is 15.0. The minimum absolute atomic E-state index is 0.0793. The summed E-state index contributed by atoms with van der Waals surface area (Å²) in [5.74, 6) is -0.875. The Morgan fingerprint density at radius 2 is 1.80 bits per heavy atom. The molecule has 30 heavy (non-hydrogen) atoms. The predicted octanol–water partition coefficient (Wildman–Crippen LogP) is 4.57. The van der Waals surface area contributed by atoms with E-state index in [9.17, 15) is 14.4 Å².